The molecule has 1 aromatic rings. The molecule has 0 amide bonds. The van der Waals surface area contributed by atoms with Crippen molar-refractivity contribution in [3.05, 3.63) is 35.4 Å². The van der Waals surface area contributed by atoms with Gasteiger partial charge < -0.3 is 0 Å². The normalized spacial score (nSPS) is 17.1. The van der Waals surface area contributed by atoms with Crippen molar-refractivity contribution in [3.8, 4) is 0 Å². The Morgan fingerprint density at radius 3 is 3.00 bits per heavy atom. The van der Waals surface area contributed by atoms with Gasteiger partial charge in [0.05, 0.1) is 0 Å². The second-order valence-corrected chi connectivity index (χ2v) is 3.81. The number of benzene rings is 1. The van der Waals surface area contributed by atoms with E-state index in [-0.39, 0.29) is 0 Å². The lowest BCUT2D eigenvalue weighted by molar-refractivity contribution is -0.713. The SMILES string of the molecule is CCC(C)c1cccc(C2=N[NH2+]NN2)c1. The summed E-state index contributed by atoms with van der Waals surface area (Å²) in [4.78, 5) is 0. The molecule has 2 rings (SSSR count). The van der Waals surface area contributed by atoms with Crippen LogP contribution in [0.15, 0.2) is 29.4 Å². The molecular formula is C11H17N4+. The predicted octanol–water partition coefficient (Wildman–Crippen LogP) is 0.448. The quantitative estimate of drug-likeness (QED) is 0.627. The molecule has 1 atom stereocenters. The van der Waals surface area contributed by atoms with Crippen LogP contribution in [-0.4, -0.2) is 5.84 Å². The number of nitrogens with one attached hydrogen (secondary N) is 2. The van der Waals surface area contributed by atoms with Crippen LogP contribution in [0.3, 0.4) is 0 Å². The molecule has 0 saturated carbocycles. The highest BCUT2D eigenvalue weighted by molar-refractivity contribution is 5.98. The van der Waals surface area contributed by atoms with E-state index in [1.54, 1.807) is 5.53 Å². The Morgan fingerprint density at radius 2 is 2.33 bits per heavy atom. The Balaban J connectivity index is 2.26. The number of hydrazine groups is 1. The van der Waals surface area contributed by atoms with Gasteiger partial charge in [0.2, 0.25) is 5.84 Å². The first-order valence-corrected chi connectivity index (χ1v) is 5.32. The highest BCUT2D eigenvalue weighted by Crippen LogP contribution is 2.19. The molecule has 0 aromatic heterocycles. The maximum atomic E-state index is 4.20. The lowest BCUT2D eigenvalue weighted by Crippen LogP contribution is -2.87. The second kappa shape index (κ2) is 4.42. The zero-order chi connectivity index (χ0) is 10.7. The van der Waals surface area contributed by atoms with Crippen LogP contribution in [0.25, 0.3) is 0 Å². The van der Waals surface area contributed by atoms with Crippen molar-refractivity contribution in [2.45, 2.75) is 26.2 Å². The van der Waals surface area contributed by atoms with E-state index in [4.69, 9.17) is 0 Å². The molecule has 4 heteroatoms. The summed E-state index contributed by atoms with van der Waals surface area (Å²) in [6, 6.07) is 8.52. The summed E-state index contributed by atoms with van der Waals surface area (Å²) in [5.41, 5.74) is 10.0. The van der Waals surface area contributed by atoms with E-state index in [2.05, 4.69) is 54.2 Å². The first kappa shape index (κ1) is 10.1. The number of rotatable bonds is 3. The first-order valence-electron chi connectivity index (χ1n) is 5.32. The molecule has 15 heavy (non-hydrogen) atoms. The summed E-state index contributed by atoms with van der Waals surface area (Å²) in [5, 5.41) is 4.20. The summed E-state index contributed by atoms with van der Waals surface area (Å²) >= 11 is 0. The van der Waals surface area contributed by atoms with Crippen LogP contribution >= 0.6 is 0 Å². The summed E-state index contributed by atoms with van der Waals surface area (Å²) in [7, 11) is 0. The maximum absolute atomic E-state index is 4.20. The minimum absolute atomic E-state index is 0.601. The molecule has 1 aromatic carbocycles. The average Bonchev–Trinajstić information content (AvgIpc) is 2.82. The zero-order valence-corrected chi connectivity index (χ0v) is 9.12. The number of amidine groups is 1. The molecule has 4 N–H and O–H groups in total. The summed E-state index contributed by atoms with van der Waals surface area (Å²) in [5.74, 6) is 1.49. The molecule has 0 spiro atoms. The number of nitrogens with two attached hydrogens (primary N) is 1. The van der Waals surface area contributed by atoms with E-state index in [0.717, 1.165) is 17.8 Å². The highest BCUT2D eigenvalue weighted by atomic mass is 15.8. The van der Waals surface area contributed by atoms with Gasteiger partial charge in [-0.2, -0.15) is 0 Å². The van der Waals surface area contributed by atoms with Crippen LogP contribution in [0.2, 0.25) is 0 Å². The van der Waals surface area contributed by atoms with Crippen LogP contribution in [0, 0.1) is 0 Å². The standard InChI is InChI=1S/C11H16N4/c1-3-8(2)9-5-4-6-10(7-9)11-12-14-15-13-11/h4-8,14-15H,3H2,1-2H3,(H,12,13)/p+1. The van der Waals surface area contributed by atoms with E-state index >= 15 is 0 Å². The molecule has 1 unspecified atom stereocenters. The van der Waals surface area contributed by atoms with Crippen molar-refractivity contribution in [1.29, 1.82) is 0 Å². The molecule has 1 heterocycles. The minimum Gasteiger partial charge on any atom is -0.254 e. The van der Waals surface area contributed by atoms with Gasteiger partial charge >= 0.3 is 0 Å². The van der Waals surface area contributed by atoms with E-state index in [1.807, 2.05) is 0 Å². The molecule has 0 fully saturated rings. The van der Waals surface area contributed by atoms with Crippen LogP contribution in [0.4, 0.5) is 0 Å². The number of hydrogen-bond acceptors (Lipinski definition) is 3. The fourth-order valence-corrected chi connectivity index (χ4v) is 1.60. The molecule has 0 radical (unpaired) electrons. The molecule has 1 aliphatic heterocycles. The zero-order valence-electron chi connectivity index (χ0n) is 9.12. The van der Waals surface area contributed by atoms with Gasteiger partial charge in [-0.05, 0) is 29.1 Å². The highest BCUT2D eigenvalue weighted by Gasteiger charge is 2.12. The molecule has 0 aliphatic carbocycles. The predicted molar refractivity (Wildman–Crippen MR) is 59.9 cm³/mol. The molecule has 4 nitrogen and oxygen atoms in total. The third-order valence-corrected chi connectivity index (χ3v) is 2.79. The Morgan fingerprint density at radius 1 is 1.47 bits per heavy atom. The van der Waals surface area contributed by atoms with Crippen LogP contribution < -0.4 is 16.5 Å². The fraction of sp³-hybridized carbons (Fsp3) is 0.364. The van der Waals surface area contributed by atoms with Gasteiger partial charge in [0, 0.05) is 5.56 Å². The van der Waals surface area contributed by atoms with Crippen molar-refractivity contribution in [1.82, 2.24) is 11.0 Å². The van der Waals surface area contributed by atoms with Crippen molar-refractivity contribution in [3.63, 3.8) is 0 Å². The molecule has 1 aliphatic rings. The fourth-order valence-electron chi connectivity index (χ4n) is 1.60. The van der Waals surface area contributed by atoms with E-state index < -0.39 is 0 Å². The van der Waals surface area contributed by atoms with E-state index in [1.165, 1.54) is 5.56 Å². The molecular weight excluding hydrogens is 188 g/mol. The van der Waals surface area contributed by atoms with Crippen molar-refractivity contribution >= 4 is 5.84 Å². The average molecular weight is 205 g/mol. The van der Waals surface area contributed by atoms with Crippen molar-refractivity contribution < 1.29 is 5.53 Å². The van der Waals surface area contributed by atoms with Gasteiger partial charge in [-0.3, -0.25) is 5.43 Å². The topological polar surface area (TPSA) is 53.0 Å². The Bertz CT molecular complexity index is 373. The smallest absolute Gasteiger partial charge is 0.209 e. The minimum atomic E-state index is 0.601. The number of hydrogen-bond donors (Lipinski definition) is 3. The van der Waals surface area contributed by atoms with E-state index in [9.17, 15) is 0 Å². The third-order valence-electron chi connectivity index (χ3n) is 2.79. The molecule has 0 saturated heterocycles. The number of quaternary nitrogens is 1. The van der Waals surface area contributed by atoms with E-state index in [0.29, 0.717) is 5.92 Å². The summed E-state index contributed by atoms with van der Waals surface area (Å²) in [6.07, 6.45) is 1.16. The summed E-state index contributed by atoms with van der Waals surface area (Å²) in [6.45, 7) is 4.45. The Labute approximate surface area is 89.7 Å². The summed E-state index contributed by atoms with van der Waals surface area (Å²) < 4.78 is 0. The van der Waals surface area contributed by atoms with Gasteiger partial charge in [0.15, 0.2) is 0 Å². The first-order chi connectivity index (χ1) is 7.31. The molecule has 80 valence electrons. The second-order valence-electron chi connectivity index (χ2n) is 3.81. The number of nitrogens with zero attached hydrogens (tertiary/aromatic N) is 1. The van der Waals surface area contributed by atoms with Crippen molar-refractivity contribution in [2.75, 3.05) is 0 Å². The monoisotopic (exact) mass is 205 g/mol. The Kier molecular flexibility index (Phi) is 2.99. The Hall–Kier alpha value is -1.39. The maximum Gasteiger partial charge on any atom is 0.209 e. The third kappa shape index (κ3) is 2.16. The van der Waals surface area contributed by atoms with Crippen LogP contribution in [-0.2, 0) is 0 Å². The largest absolute Gasteiger partial charge is 0.254 e. The van der Waals surface area contributed by atoms with Gasteiger partial charge in [-0.25, -0.2) is 0 Å². The lowest BCUT2D eigenvalue weighted by atomic mass is 9.97. The van der Waals surface area contributed by atoms with Gasteiger partial charge in [0.1, 0.15) is 0 Å². The van der Waals surface area contributed by atoms with Gasteiger partial charge in [-0.1, -0.05) is 37.6 Å². The van der Waals surface area contributed by atoms with Gasteiger partial charge in [-0.15, -0.1) is 5.53 Å². The lowest BCUT2D eigenvalue weighted by Gasteiger charge is -2.09. The van der Waals surface area contributed by atoms with Crippen molar-refractivity contribution in [2.24, 2.45) is 5.10 Å². The molecule has 0 bridgehead atoms. The van der Waals surface area contributed by atoms with Crippen LogP contribution in [0.5, 0.6) is 0 Å². The van der Waals surface area contributed by atoms with Crippen LogP contribution in [0.1, 0.15) is 37.3 Å². The van der Waals surface area contributed by atoms with Gasteiger partial charge in [0.25, 0.3) is 0 Å².